The van der Waals surface area contributed by atoms with Gasteiger partial charge >= 0.3 is 0 Å². The van der Waals surface area contributed by atoms with E-state index < -0.39 is 0 Å². The molecule has 1 atom stereocenters. The van der Waals surface area contributed by atoms with Gasteiger partial charge in [-0.25, -0.2) is 0 Å². The summed E-state index contributed by atoms with van der Waals surface area (Å²) >= 11 is 9.26. The van der Waals surface area contributed by atoms with Gasteiger partial charge in [-0.15, -0.1) is 0 Å². The van der Waals surface area contributed by atoms with E-state index in [1.807, 2.05) is 26.0 Å². The van der Waals surface area contributed by atoms with Crippen molar-refractivity contribution in [2.75, 3.05) is 11.9 Å². The summed E-state index contributed by atoms with van der Waals surface area (Å²) in [5.41, 5.74) is 0.831. The Labute approximate surface area is 115 Å². The standard InChI is InChI=1S/C12H16BrClN2O/c1-3-8(2)16-12(17)7-15-9-4-5-10(13)11(14)6-9/h4-6,8,15H,3,7H2,1-2H3,(H,16,17). The molecule has 0 saturated heterocycles. The van der Waals surface area contributed by atoms with E-state index in [1.54, 1.807) is 6.07 Å². The highest BCUT2D eigenvalue weighted by Gasteiger charge is 2.05. The van der Waals surface area contributed by atoms with Crippen LogP contribution in [0.15, 0.2) is 22.7 Å². The third kappa shape index (κ3) is 4.96. The van der Waals surface area contributed by atoms with Gasteiger partial charge in [0.25, 0.3) is 0 Å². The molecule has 2 N–H and O–H groups in total. The Bertz CT molecular complexity index is 398. The first kappa shape index (κ1) is 14.3. The van der Waals surface area contributed by atoms with Crippen molar-refractivity contribution in [2.24, 2.45) is 0 Å². The van der Waals surface area contributed by atoms with Crippen molar-refractivity contribution in [3.63, 3.8) is 0 Å². The van der Waals surface area contributed by atoms with Crippen molar-refractivity contribution in [3.05, 3.63) is 27.7 Å². The minimum absolute atomic E-state index is 0.0154. The molecule has 0 heterocycles. The largest absolute Gasteiger partial charge is 0.376 e. The van der Waals surface area contributed by atoms with Crippen LogP contribution in [-0.4, -0.2) is 18.5 Å². The highest BCUT2D eigenvalue weighted by Crippen LogP contribution is 2.25. The Kier molecular flexibility index (Phi) is 5.78. The molecular weight excluding hydrogens is 304 g/mol. The number of carbonyl (C=O) groups is 1. The molecule has 1 aromatic carbocycles. The molecule has 0 fully saturated rings. The predicted octanol–water partition coefficient (Wildman–Crippen LogP) is 3.43. The molecule has 0 bridgehead atoms. The van der Waals surface area contributed by atoms with Crippen molar-refractivity contribution in [1.82, 2.24) is 5.32 Å². The summed E-state index contributed by atoms with van der Waals surface area (Å²) in [7, 11) is 0. The van der Waals surface area contributed by atoms with Crippen LogP contribution in [0, 0.1) is 0 Å². The molecule has 1 amide bonds. The van der Waals surface area contributed by atoms with Gasteiger partial charge in [0, 0.05) is 16.2 Å². The van der Waals surface area contributed by atoms with Crippen LogP contribution in [0.3, 0.4) is 0 Å². The van der Waals surface area contributed by atoms with Crippen molar-refractivity contribution in [1.29, 1.82) is 0 Å². The molecule has 0 radical (unpaired) electrons. The van der Waals surface area contributed by atoms with Crippen molar-refractivity contribution in [3.8, 4) is 0 Å². The van der Waals surface area contributed by atoms with E-state index in [0.717, 1.165) is 16.6 Å². The summed E-state index contributed by atoms with van der Waals surface area (Å²) in [4.78, 5) is 11.5. The normalized spacial score (nSPS) is 12.0. The van der Waals surface area contributed by atoms with Gasteiger partial charge in [0.1, 0.15) is 0 Å². The van der Waals surface area contributed by atoms with Gasteiger partial charge in [-0.2, -0.15) is 0 Å². The van der Waals surface area contributed by atoms with Crippen LogP contribution in [0.25, 0.3) is 0 Å². The second-order valence-electron chi connectivity index (χ2n) is 3.86. The number of amides is 1. The Hall–Kier alpha value is -0.740. The van der Waals surface area contributed by atoms with Gasteiger partial charge in [0.2, 0.25) is 5.91 Å². The zero-order chi connectivity index (χ0) is 12.8. The Morgan fingerprint density at radius 3 is 2.82 bits per heavy atom. The smallest absolute Gasteiger partial charge is 0.239 e. The first-order valence-corrected chi connectivity index (χ1v) is 6.68. The number of benzene rings is 1. The Morgan fingerprint density at radius 1 is 1.53 bits per heavy atom. The second-order valence-corrected chi connectivity index (χ2v) is 5.12. The maximum Gasteiger partial charge on any atom is 0.239 e. The van der Waals surface area contributed by atoms with Gasteiger partial charge in [-0.3, -0.25) is 4.79 Å². The number of halogens is 2. The number of anilines is 1. The number of nitrogens with one attached hydrogen (secondary N) is 2. The van der Waals surface area contributed by atoms with Crippen LogP contribution in [0.4, 0.5) is 5.69 Å². The second kappa shape index (κ2) is 6.87. The lowest BCUT2D eigenvalue weighted by molar-refractivity contribution is -0.120. The van der Waals surface area contributed by atoms with E-state index in [0.29, 0.717) is 5.02 Å². The van der Waals surface area contributed by atoms with E-state index in [2.05, 4.69) is 26.6 Å². The number of hydrogen-bond acceptors (Lipinski definition) is 2. The van der Waals surface area contributed by atoms with E-state index >= 15 is 0 Å². The number of carbonyl (C=O) groups excluding carboxylic acids is 1. The first-order valence-electron chi connectivity index (χ1n) is 5.51. The monoisotopic (exact) mass is 318 g/mol. The van der Waals surface area contributed by atoms with Crippen LogP contribution in [0.5, 0.6) is 0 Å². The van der Waals surface area contributed by atoms with E-state index in [-0.39, 0.29) is 18.5 Å². The average Bonchev–Trinajstić information content (AvgIpc) is 2.30. The maximum atomic E-state index is 11.5. The van der Waals surface area contributed by atoms with Crippen LogP contribution in [0.2, 0.25) is 5.02 Å². The quantitative estimate of drug-likeness (QED) is 0.873. The topological polar surface area (TPSA) is 41.1 Å². The Morgan fingerprint density at radius 2 is 2.24 bits per heavy atom. The molecule has 1 rings (SSSR count). The minimum Gasteiger partial charge on any atom is -0.376 e. The number of rotatable bonds is 5. The molecule has 5 heteroatoms. The van der Waals surface area contributed by atoms with Crippen molar-refractivity contribution >= 4 is 39.1 Å². The summed E-state index contributed by atoms with van der Waals surface area (Å²) in [6.45, 7) is 4.27. The van der Waals surface area contributed by atoms with Crippen molar-refractivity contribution in [2.45, 2.75) is 26.3 Å². The fourth-order valence-electron chi connectivity index (χ4n) is 1.22. The SMILES string of the molecule is CCC(C)NC(=O)CNc1ccc(Br)c(Cl)c1. The highest BCUT2D eigenvalue weighted by molar-refractivity contribution is 9.10. The van der Waals surface area contributed by atoms with Crippen LogP contribution in [-0.2, 0) is 4.79 Å². The van der Waals surface area contributed by atoms with E-state index in [1.165, 1.54) is 0 Å². The molecule has 94 valence electrons. The molecule has 17 heavy (non-hydrogen) atoms. The van der Waals surface area contributed by atoms with Gasteiger partial charge in [0.05, 0.1) is 11.6 Å². The van der Waals surface area contributed by atoms with Gasteiger partial charge in [-0.1, -0.05) is 18.5 Å². The summed E-state index contributed by atoms with van der Waals surface area (Å²) < 4.78 is 0.841. The van der Waals surface area contributed by atoms with Gasteiger partial charge < -0.3 is 10.6 Å². The van der Waals surface area contributed by atoms with Crippen LogP contribution >= 0.6 is 27.5 Å². The zero-order valence-corrected chi connectivity index (χ0v) is 12.2. The zero-order valence-electron chi connectivity index (χ0n) is 9.89. The van der Waals surface area contributed by atoms with Crippen molar-refractivity contribution < 1.29 is 4.79 Å². The molecule has 0 saturated carbocycles. The molecule has 3 nitrogen and oxygen atoms in total. The lowest BCUT2D eigenvalue weighted by atomic mass is 10.2. The van der Waals surface area contributed by atoms with Crippen LogP contribution < -0.4 is 10.6 Å². The maximum absolute atomic E-state index is 11.5. The summed E-state index contributed by atoms with van der Waals surface area (Å²) in [6, 6.07) is 5.70. The molecule has 0 spiro atoms. The van der Waals surface area contributed by atoms with Gasteiger partial charge in [0.15, 0.2) is 0 Å². The fraction of sp³-hybridized carbons (Fsp3) is 0.417. The lowest BCUT2D eigenvalue weighted by Gasteiger charge is -2.12. The molecule has 0 aliphatic carbocycles. The summed E-state index contributed by atoms with van der Waals surface area (Å²) in [5.74, 6) is -0.0154. The molecule has 0 aromatic heterocycles. The van der Waals surface area contributed by atoms with Gasteiger partial charge in [-0.05, 0) is 47.5 Å². The average molecular weight is 320 g/mol. The lowest BCUT2D eigenvalue weighted by Crippen LogP contribution is -2.36. The third-order valence-corrected chi connectivity index (χ3v) is 3.62. The van der Waals surface area contributed by atoms with Crippen LogP contribution in [0.1, 0.15) is 20.3 Å². The molecule has 0 aliphatic heterocycles. The van der Waals surface area contributed by atoms with E-state index in [9.17, 15) is 4.79 Å². The molecule has 0 aliphatic rings. The van der Waals surface area contributed by atoms with E-state index in [4.69, 9.17) is 11.6 Å². The molecule has 1 unspecified atom stereocenters. The molecule has 1 aromatic rings. The Balaban J connectivity index is 2.45. The summed E-state index contributed by atoms with van der Waals surface area (Å²) in [6.07, 6.45) is 0.926. The predicted molar refractivity (Wildman–Crippen MR) is 75.5 cm³/mol. The molecular formula is C12H16BrClN2O. The highest BCUT2D eigenvalue weighted by atomic mass is 79.9. The fourth-order valence-corrected chi connectivity index (χ4v) is 1.64. The number of hydrogen-bond donors (Lipinski definition) is 2. The first-order chi connectivity index (χ1) is 8.02. The third-order valence-electron chi connectivity index (χ3n) is 2.39. The summed E-state index contributed by atoms with van der Waals surface area (Å²) in [5, 5.41) is 6.53. The minimum atomic E-state index is -0.0154.